The number of thiol groups is 1. The molecule has 0 aliphatic heterocycles. The van der Waals surface area contributed by atoms with E-state index in [1.165, 1.54) is 0 Å². The van der Waals surface area contributed by atoms with Crippen LogP contribution in [0.3, 0.4) is 0 Å². The Hall–Kier alpha value is -0.970. The van der Waals surface area contributed by atoms with Gasteiger partial charge in [0.15, 0.2) is 0 Å². The second kappa shape index (κ2) is 2.54. The van der Waals surface area contributed by atoms with Crippen LogP contribution in [0, 0.1) is 0 Å². The van der Waals surface area contributed by atoms with Crippen LogP contribution in [0.2, 0.25) is 0 Å². The van der Waals surface area contributed by atoms with Crippen LogP contribution in [0.5, 0.6) is 0 Å². The molecule has 1 heterocycles. The molecule has 0 radical (unpaired) electrons. The first kappa shape index (κ1) is 6.15. The number of aromatic amines is 1. The number of rotatable bonds is 2. The summed E-state index contributed by atoms with van der Waals surface area (Å²) in [6.07, 6.45) is 1.64. The van der Waals surface area contributed by atoms with E-state index in [0.717, 1.165) is 0 Å². The molecular formula is C4H6N2O2S. The number of hydrogen-bond acceptors (Lipinski definition) is 2. The van der Waals surface area contributed by atoms with E-state index in [1.54, 1.807) is 18.3 Å². The lowest BCUT2D eigenvalue weighted by atomic mass is 10.6. The molecule has 0 aliphatic carbocycles. The highest BCUT2D eigenvalue weighted by Gasteiger charge is 1.86. The van der Waals surface area contributed by atoms with Crippen molar-refractivity contribution in [3.8, 4) is 0 Å². The van der Waals surface area contributed by atoms with E-state index < -0.39 is 10.9 Å². The molecule has 2 N–H and O–H groups in total. The van der Waals surface area contributed by atoms with E-state index >= 15 is 0 Å². The van der Waals surface area contributed by atoms with Gasteiger partial charge in [-0.3, -0.25) is 4.72 Å². The molecule has 0 saturated carbocycles. The Morgan fingerprint density at radius 1 is 1.56 bits per heavy atom. The minimum Gasteiger partial charge on any atom is -0.348 e. The summed E-state index contributed by atoms with van der Waals surface area (Å²) in [5.41, 5.74) is 0. The second-order valence-electron chi connectivity index (χ2n) is 1.45. The van der Waals surface area contributed by atoms with Crippen LogP contribution >= 0.6 is 0 Å². The van der Waals surface area contributed by atoms with Crippen molar-refractivity contribution in [1.29, 1.82) is 0 Å². The van der Waals surface area contributed by atoms with Crippen LogP contribution in [0.15, 0.2) is 18.3 Å². The molecule has 1 rings (SSSR count). The molecule has 4 nitrogen and oxygen atoms in total. The monoisotopic (exact) mass is 146 g/mol. The molecule has 5 heteroatoms. The van der Waals surface area contributed by atoms with Crippen LogP contribution in [-0.4, -0.2) is 13.4 Å². The Morgan fingerprint density at radius 2 is 2.33 bits per heavy atom. The summed E-state index contributed by atoms with van der Waals surface area (Å²) < 4.78 is 22.1. The van der Waals surface area contributed by atoms with Crippen molar-refractivity contribution in [2.45, 2.75) is 0 Å². The average Bonchev–Trinajstić information content (AvgIpc) is 2.15. The molecule has 1 aromatic rings. The molecule has 1 aromatic heterocycles. The summed E-state index contributed by atoms with van der Waals surface area (Å²) >= 11 is 0. The summed E-state index contributed by atoms with van der Waals surface area (Å²) in [5.74, 6) is 0.492. The largest absolute Gasteiger partial charge is 0.348 e. The van der Waals surface area contributed by atoms with Gasteiger partial charge >= 0.3 is 0 Å². The highest BCUT2D eigenvalue weighted by molar-refractivity contribution is 7.73. The summed E-state index contributed by atoms with van der Waals surface area (Å²) in [5, 5.41) is 0. The normalized spacial score (nSPS) is 9.89. The molecule has 0 atom stereocenters. The van der Waals surface area contributed by atoms with Crippen molar-refractivity contribution in [3.05, 3.63) is 18.3 Å². The minimum absolute atomic E-state index is 0.492. The Bertz CT molecular complexity index is 231. The smallest absolute Gasteiger partial charge is 0.223 e. The van der Waals surface area contributed by atoms with Gasteiger partial charge in [-0.15, -0.1) is 0 Å². The maximum atomic E-state index is 9.97. The van der Waals surface area contributed by atoms with Gasteiger partial charge in [-0.1, -0.05) is 0 Å². The van der Waals surface area contributed by atoms with Gasteiger partial charge in [-0.25, -0.2) is 8.42 Å². The molecule has 0 aromatic carbocycles. The fourth-order valence-electron chi connectivity index (χ4n) is 0.498. The predicted octanol–water partition coefficient (Wildman–Crippen LogP) is -0.0470. The highest BCUT2D eigenvalue weighted by atomic mass is 32.2. The fourth-order valence-corrected chi connectivity index (χ4v) is 0.834. The van der Waals surface area contributed by atoms with Crippen LogP contribution in [0.25, 0.3) is 0 Å². The number of nitrogens with one attached hydrogen (secondary N) is 2. The summed E-state index contributed by atoms with van der Waals surface area (Å²) in [4.78, 5) is 2.67. The van der Waals surface area contributed by atoms with Gasteiger partial charge in [0.2, 0.25) is 10.9 Å². The average molecular weight is 146 g/mol. The van der Waals surface area contributed by atoms with Crippen LogP contribution in [0.1, 0.15) is 0 Å². The van der Waals surface area contributed by atoms with Gasteiger partial charge in [-0.05, 0) is 12.1 Å². The second-order valence-corrected chi connectivity index (χ2v) is 2.19. The molecule has 0 fully saturated rings. The third-order valence-electron chi connectivity index (χ3n) is 0.810. The molecule has 0 amide bonds. The number of anilines is 1. The van der Waals surface area contributed by atoms with E-state index in [-0.39, 0.29) is 0 Å². The van der Waals surface area contributed by atoms with Gasteiger partial charge in [0.05, 0.1) is 0 Å². The van der Waals surface area contributed by atoms with E-state index in [2.05, 4.69) is 9.71 Å². The van der Waals surface area contributed by atoms with Gasteiger partial charge < -0.3 is 4.98 Å². The topological polar surface area (TPSA) is 62.0 Å². The lowest BCUT2D eigenvalue weighted by Crippen LogP contribution is -1.93. The third-order valence-corrected chi connectivity index (χ3v) is 1.23. The standard InChI is InChI=1S/C4H6N2O2S/c7-9(8)6-4-2-1-3-5-4/h1-3,5,9H,(H,6,7,8). The lowest BCUT2D eigenvalue weighted by molar-refractivity contribution is 0.619. The predicted molar refractivity (Wildman–Crippen MR) is 34.7 cm³/mol. The number of hydrogen-bond donors (Lipinski definition) is 3. The molecule has 0 bridgehead atoms. The molecule has 0 unspecified atom stereocenters. The Morgan fingerprint density at radius 3 is 2.78 bits per heavy atom. The highest BCUT2D eigenvalue weighted by Crippen LogP contribution is 1.98. The lowest BCUT2D eigenvalue weighted by Gasteiger charge is -1.88. The molecule has 0 aliphatic rings. The van der Waals surface area contributed by atoms with Crippen molar-refractivity contribution in [1.82, 2.24) is 4.98 Å². The summed E-state index contributed by atoms with van der Waals surface area (Å²) in [6, 6.07) is 3.34. The number of H-pyrrole nitrogens is 1. The van der Waals surface area contributed by atoms with E-state index in [0.29, 0.717) is 5.82 Å². The Labute approximate surface area is 54.0 Å². The van der Waals surface area contributed by atoms with Gasteiger partial charge in [0.25, 0.3) is 0 Å². The first-order valence-electron chi connectivity index (χ1n) is 2.33. The molecular weight excluding hydrogens is 140 g/mol. The summed E-state index contributed by atoms with van der Waals surface area (Å²) in [6.45, 7) is 0. The molecule has 0 saturated heterocycles. The van der Waals surface area contributed by atoms with E-state index in [4.69, 9.17) is 0 Å². The maximum Gasteiger partial charge on any atom is 0.223 e. The Kier molecular flexibility index (Phi) is 1.74. The van der Waals surface area contributed by atoms with Crippen molar-refractivity contribution >= 4 is 16.7 Å². The maximum absolute atomic E-state index is 9.97. The van der Waals surface area contributed by atoms with Gasteiger partial charge in [0, 0.05) is 6.20 Å². The molecule has 0 spiro atoms. The SMILES string of the molecule is O=[SH](=O)Nc1ccc[nH]1. The van der Waals surface area contributed by atoms with Crippen molar-refractivity contribution in [3.63, 3.8) is 0 Å². The first-order chi connectivity index (χ1) is 4.29. The van der Waals surface area contributed by atoms with Crippen molar-refractivity contribution in [2.24, 2.45) is 0 Å². The van der Waals surface area contributed by atoms with Crippen molar-refractivity contribution in [2.75, 3.05) is 4.72 Å². The van der Waals surface area contributed by atoms with Crippen LogP contribution < -0.4 is 4.72 Å². The number of aromatic nitrogens is 1. The fraction of sp³-hybridized carbons (Fsp3) is 0. The van der Waals surface area contributed by atoms with Crippen LogP contribution in [-0.2, 0) is 10.9 Å². The van der Waals surface area contributed by atoms with Gasteiger partial charge in [0.1, 0.15) is 5.82 Å². The molecule has 9 heavy (non-hydrogen) atoms. The van der Waals surface area contributed by atoms with Crippen LogP contribution in [0.4, 0.5) is 5.82 Å². The van der Waals surface area contributed by atoms with Gasteiger partial charge in [-0.2, -0.15) is 0 Å². The minimum atomic E-state index is -2.53. The Balaban J connectivity index is 2.68. The zero-order valence-electron chi connectivity index (χ0n) is 4.50. The first-order valence-corrected chi connectivity index (χ1v) is 3.51. The third kappa shape index (κ3) is 1.77. The zero-order chi connectivity index (χ0) is 6.69. The zero-order valence-corrected chi connectivity index (χ0v) is 5.39. The quantitative estimate of drug-likeness (QED) is 0.512. The molecule has 50 valence electrons. The summed E-state index contributed by atoms with van der Waals surface area (Å²) in [7, 11) is -2.53. The van der Waals surface area contributed by atoms with Crippen molar-refractivity contribution < 1.29 is 8.42 Å². The van der Waals surface area contributed by atoms with E-state index in [9.17, 15) is 8.42 Å². The van der Waals surface area contributed by atoms with E-state index in [1.807, 2.05) is 0 Å².